The molecule has 0 saturated carbocycles. The molecule has 3 aromatic carbocycles. The van der Waals surface area contributed by atoms with Crippen molar-refractivity contribution in [3.8, 4) is 5.75 Å². The van der Waals surface area contributed by atoms with Gasteiger partial charge in [0.05, 0.1) is 14.2 Å². The van der Waals surface area contributed by atoms with Crippen LogP contribution in [0.3, 0.4) is 0 Å². The first kappa shape index (κ1) is 33.1. The summed E-state index contributed by atoms with van der Waals surface area (Å²) in [6.07, 6.45) is 12.0. The summed E-state index contributed by atoms with van der Waals surface area (Å²) in [6.45, 7) is 2.53. The molecule has 7 nitrogen and oxygen atoms in total. The van der Waals surface area contributed by atoms with Crippen molar-refractivity contribution in [1.82, 2.24) is 4.90 Å². The molecular weight excluding hydrogens is 542 g/mol. The van der Waals surface area contributed by atoms with Crippen LogP contribution in [0.25, 0.3) is 6.08 Å². The third-order valence-electron chi connectivity index (χ3n) is 7.14. The van der Waals surface area contributed by atoms with Gasteiger partial charge in [0, 0.05) is 19.2 Å². The highest BCUT2D eigenvalue weighted by Crippen LogP contribution is 2.23. The first-order valence-corrected chi connectivity index (χ1v) is 14.9. The molecule has 43 heavy (non-hydrogen) atoms. The zero-order valence-electron chi connectivity index (χ0n) is 25.6. The zero-order chi connectivity index (χ0) is 30.9. The summed E-state index contributed by atoms with van der Waals surface area (Å²) in [4.78, 5) is 39.3. The second-order valence-corrected chi connectivity index (χ2v) is 10.5. The molecule has 0 unspecified atom stereocenters. The van der Waals surface area contributed by atoms with Crippen LogP contribution in [-0.4, -0.2) is 43.6 Å². The number of ether oxygens (including phenoxy) is 3. The SMILES string of the molecule is CCCCCCCCc1ccc(CN(Cc2ccc(OCC(=O)OC)c(C(=O)OC)c2)C(=O)/C=C/c2ccccc2)cc1. The number of aryl methyl sites for hydroxylation is 1. The number of esters is 2. The summed E-state index contributed by atoms with van der Waals surface area (Å²) in [5.41, 5.74) is 4.11. The van der Waals surface area contributed by atoms with E-state index in [-0.39, 0.29) is 30.4 Å². The molecule has 228 valence electrons. The summed E-state index contributed by atoms with van der Waals surface area (Å²) < 4.78 is 15.1. The number of methoxy groups -OCH3 is 2. The number of unbranched alkanes of at least 4 members (excludes halogenated alkanes) is 5. The van der Waals surface area contributed by atoms with E-state index in [2.05, 4.69) is 35.9 Å². The fraction of sp³-hybridized carbons (Fsp3) is 0.361. The Kier molecular flexibility index (Phi) is 14.0. The van der Waals surface area contributed by atoms with Crippen LogP contribution >= 0.6 is 0 Å². The predicted molar refractivity (Wildman–Crippen MR) is 169 cm³/mol. The van der Waals surface area contributed by atoms with Gasteiger partial charge in [0.1, 0.15) is 11.3 Å². The van der Waals surface area contributed by atoms with Crippen molar-refractivity contribution >= 4 is 23.9 Å². The fourth-order valence-corrected chi connectivity index (χ4v) is 4.68. The maximum absolute atomic E-state index is 13.5. The van der Waals surface area contributed by atoms with Crippen molar-refractivity contribution in [2.75, 3.05) is 20.8 Å². The molecule has 0 bridgehead atoms. The average Bonchev–Trinajstić information content (AvgIpc) is 3.04. The number of carbonyl (C=O) groups excluding carboxylic acids is 3. The van der Waals surface area contributed by atoms with E-state index in [9.17, 15) is 14.4 Å². The molecule has 0 atom stereocenters. The standard InChI is InChI=1S/C36H43NO6/c1-4-5-6-7-8-10-15-29-16-18-30(19-17-29)25-37(34(38)23-21-28-13-11-9-12-14-28)26-31-20-22-33(43-27-35(39)41-2)32(24-31)36(40)42-3/h9,11-14,16-24H,4-8,10,15,25-27H2,1-3H3/b23-21+. The van der Waals surface area contributed by atoms with Crippen molar-refractivity contribution in [2.24, 2.45) is 0 Å². The van der Waals surface area contributed by atoms with Gasteiger partial charge in [-0.2, -0.15) is 0 Å². The van der Waals surface area contributed by atoms with E-state index in [0.29, 0.717) is 12.1 Å². The molecule has 1 amide bonds. The lowest BCUT2D eigenvalue weighted by atomic mass is 10.0. The number of amides is 1. The van der Waals surface area contributed by atoms with Crippen molar-refractivity contribution in [2.45, 2.75) is 65.0 Å². The lowest BCUT2D eigenvalue weighted by molar-refractivity contribution is -0.143. The summed E-state index contributed by atoms with van der Waals surface area (Å²) >= 11 is 0. The molecule has 0 aromatic heterocycles. The van der Waals surface area contributed by atoms with Crippen LogP contribution in [0.1, 0.15) is 78.1 Å². The Morgan fingerprint density at radius 3 is 2.09 bits per heavy atom. The number of hydrogen-bond acceptors (Lipinski definition) is 6. The Bertz CT molecular complexity index is 1330. The Labute approximate surface area is 255 Å². The third-order valence-corrected chi connectivity index (χ3v) is 7.14. The molecule has 3 rings (SSSR count). The van der Waals surface area contributed by atoms with Gasteiger partial charge in [-0.25, -0.2) is 9.59 Å². The second-order valence-electron chi connectivity index (χ2n) is 10.5. The summed E-state index contributed by atoms with van der Waals surface area (Å²) in [5.74, 6) is -1.14. The summed E-state index contributed by atoms with van der Waals surface area (Å²) in [5, 5.41) is 0. The smallest absolute Gasteiger partial charge is 0.343 e. The first-order chi connectivity index (χ1) is 20.9. The number of hydrogen-bond donors (Lipinski definition) is 0. The summed E-state index contributed by atoms with van der Waals surface area (Å²) in [7, 11) is 2.54. The maximum Gasteiger partial charge on any atom is 0.343 e. The van der Waals surface area contributed by atoms with Crippen molar-refractivity contribution in [3.63, 3.8) is 0 Å². The van der Waals surface area contributed by atoms with Gasteiger partial charge in [0.2, 0.25) is 5.91 Å². The minimum Gasteiger partial charge on any atom is -0.481 e. The molecule has 0 radical (unpaired) electrons. The minimum absolute atomic E-state index is 0.161. The van der Waals surface area contributed by atoms with Gasteiger partial charge in [-0.3, -0.25) is 4.79 Å². The largest absolute Gasteiger partial charge is 0.481 e. The molecule has 7 heteroatoms. The molecule has 0 N–H and O–H groups in total. The van der Waals surface area contributed by atoms with Gasteiger partial charge >= 0.3 is 11.9 Å². The molecular formula is C36H43NO6. The lowest BCUT2D eigenvalue weighted by Gasteiger charge is -2.22. The van der Waals surface area contributed by atoms with Crippen molar-refractivity contribution in [1.29, 1.82) is 0 Å². The number of rotatable bonds is 17. The average molecular weight is 586 g/mol. The predicted octanol–water partition coefficient (Wildman–Crippen LogP) is 7.17. The van der Waals surface area contributed by atoms with Crippen LogP contribution in [0, 0.1) is 0 Å². The van der Waals surface area contributed by atoms with E-state index in [0.717, 1.165) is 17.5 Å². The topological polar surface area (TPSA) is 82.1 Å². The van der Waals surface area contributed by atoms with E-state index in [4.69, 9.17) is 9.47 Å². The molecule has 3 aromatic rings. The monoisotopic (exact) mass is 585 g/mol. The van der Waals surface area contributed by atoms with Gasteiger partial charge in [-0.05, 0) is 53.3 Å². The van der Waals surface area contributed by atoms with Gasteiger partial charge in [-0.1, -0.05) is 99.7 Å². The van der Waals surface area contributed by atoms with Crippen LogP contribution < -0.4 is 4.74 Å². The molecule has 0 spiro atoms. The zero-order valence-corrected chi connectivity index (χ0v) is 25.6. The highest BCUT2D eigenvalue weighted by molar-refractivity contribution is 5.93. The first-order valence-electron chi connectivity index (χ1n) is 14.9. The molecule has 0 fully saturated rings. The number of carbonyl (C=O) groups is 3. The Balaban J connectivity index is 1.77. The molecule has 0 saturated heterocycles. The maximum atomic E-state index is 13.5. The van der Waals surface area contributed by atoms with Gasteiger partial charge in [0.15, 0.2) is 6.61 Å². The van der Waals surface area contributed by atoms with Crippen LogP contribution in [-0.2, 0) is 38.6 Å². The van der Waals surface area contributed by atoms with Gasteiger partial charge < -0.3 is 19.1 Å². The highest BCUT2D eigenvalue weighted by atomic mass is 16.6. The van der Waals surface area contributed by atoms with Crippen LogP contribution in [0.4, 0.5) is 0 Å². The fourth-order valence-electron chi connectivity index (χ4n) is 4.68. The highest BCUT2D eigenvalue weighted by Gasteiger charge is 2.18. The third kappa shape index (κ3) is 11.4. The quantitative estimate of drug-likeness (QED) is 0.0949. The molecule has 0 aliphatic heterocycles. The van der Waals surface area contributed by atoms with E-state index in [1.165, 1.54) is 58.3 Å². The molecule has 0 aliphatic rings. The molecule has 0 aliphatic carbocycles. The van der Waals surface area contributed by atoms with Crippen LogP contribution in [0.2, 0.25) is 0 Å². The van der Waals surface area contributed by atoms with Gasteiger partial charge in [0.25, 0.3) is 0 Å². The van der Waals surface area contributed by atoms with Crippen molar-refractivity contribution in [3.05, 3.63) is 107 Å². The number of benzene rings is 3. The normalized spacial score (nSPS) is 10.9. The second kappa shape index (κ2) is 18.2. The Hall–Kier alpha value is -4.39. The minimum atomic E-state index is -0.607. The Morgan fingerprint density at radius 2 is 1.40 bits per heavy atom. The van der Waals surface area contributed by atoms with Crippen LogP contribution in [0.15, 0.2) is 78.9 Å². The Morgan fingerprint density at radius 1 is 0.744 bits per heavy atom. The van der Waals surface area contributed by atoms with Crippen LogP contribution in [0.5, 0.6) is 5.75 Å². The number of nitrogens with zero attached hydrogens (tertiary/aromatic N) is 1. The van der Waals surface area contributed by atoms with Crippen molar-refractivity contribution < 1.29 is 28.6 Å². The lowest BCUT2D eigenvalue weighted by Crippen LogP contribution is -2.28. The molecule has 0 heterocycles. The van der Waals surface area contributed by atoms with E-state index in [1.807, 2.05) is 30.3 Å². The van der Waals surface area contributed by atoms with E-state index < -0.39 is 11.9 Å². The van der Waals surface area contributed by atoms with E-state index in [1.54, 1.807) is 35.3 Å². The summed E-state index contributed by atoms with van der Waals surface area (Å²) in [6, 6.07) is 23.1. The van der Waals surface area contributed by atoms with Gasteiger partial charge in [-0.15, -0.1) is 0 Å². The van der Waals surface area contributed by atoms with E-state index >= 15 is 0 Å².